The Morgan fingerprint density at radius 1 is 1.52 bits per heavy atom. The van der Waals surface area contributed by atoms with Gasteiger partial charge in [-0.2, -0.15) is 0 Å². The van der Waals surface area contributed by atoms with Gasteiger partial charge in [0.2, 0.25) is 0 Å². The molecule has 2 rings (SSSR count). The minimum absolute atomic E-state index is 0.402. The normalized spacial score (nSPS) is 19.5. The van der Waals surface area contributed by atoms with E-state index in [0.717, 1.165) is 44.6 Å². The summed E-state index contributed by atoms with van der Waals surface area (Å²) in [5.41, 5.74) is 1.22. The molecule has 2 heterocycles. The fourth-order valence-corrected chi connectivity index (χ4v) is 3.75. The van der Waals surface area contributed by atoms with Crippen molar-refractivity contribution in [2.45, 2.75) is 39.3 Å². The van der Waals surface area contributed by atoms with Crippen LogP contribution in [0, 0.1) is 0 Å². The van der Waals surface area contributed by atoms with Gasteiger partial charge >= 0.3 is 0 Å². The first-order chi connectivity index (χ1) is 10.1. The van der Waals surface area contributed by atoms with Crippen molar-refractivity contribution in [2.75, 3.05) is 44.9 Å². The van der Waals surface area contributed by atoms with Crippen molar-refractivity contribution in [3.63, 3.8) is 0 Å². The van der Waals surface area contributed by atoms with E-state index in [1.807, 2.05) is 11.3 Å². The van der Waals surface area contributed by atoms with Gasteiger partial charge in [-0.05, 0) is 12.8 Å². The van der Waals surface area contributed by atoms with Gasteiger partial charge in [-0.15, -0.1) is 11.3 Å². The van der Waals surface area contributed by atoms with Gasteiger partial charge in [0.05, 0.1) is 31.6 Å². The van der Waals surface area contributed by atoms with Crippen molar-refractivity contribution in [1.29, 1.82) is 0 Å². The number of morpholine rings is 1. The van der Waals surface area contributed by atoms with Crippen LogP contribution in [0.4, 0.5) is 5.13 Å². The Morgan fingerprint density at radius 2 is 2.33 bits per heavy atom. The summed E-state index contributed by atoms with van der Waals surface area (Å²) in [6.45, 7) is 11.6. The quantitative estimate of drug-likeness (QED) is 0.782. The molecule has 1 atom stereocenters. The number of thiazole rings is 1. The van der Waals surface area contributed by atoms with Gasteiger partial charge in [0.1, 0.15) is 0 Å². The minimum atomic E-state index is 0.402. The summed E-state index contributed by atoms with van der Waals surface area (Å²) in [6, 6.07) is 0.402. The molecular weight excluding hydrogens is 286 g/mol. The Balaban J connectivity index is 2.08. The fraction of sp³-hybridized carbons (Fsp3) is 0.800. The predicted octanol–water partition coefficient (Wildman–Crippen LogP) is 2.23. The van der Waals surface area contributed by atoms with Crippen molar-refractivity contribution < 1.29 is 9.47 Å². The van der Waals surface area contributed by atoms with Gasteiger partial charge < -0.3 is 19.7 Å². The second kappa shape index (κ2) is 8.08. The average Bonchev–Trinajstić information content (AvgIpc) is 2.88. The van der Waals surface area contributed by atoms with E-state index in [0.29, 0.717) is 12.0 Å². The summed E-state index contributed by atoms with van der Waals surface area (Å²) in [5.74, 6) is 0.450. The van der Waals surface area contributed by atoms with Gasteiger partial charge in [0.25, 0.3) is 0 Å². The van der Waals surface area contributed by atoms with Crippen LogP contribution in [-0.2, 0) is 16.0 Å². The van der Waals surface area contributed by atoms with Crippen LogP contribution in [0.1, 0.15) is 37.3 Å². The molecule has 120 valence electrons. The van der Waals surface area contributed by atoms with Crippen LogP contribution in [0.5, 0.6) is 0 Å². The molecule has 1 fully saturated rings. The highest BCUT2D eigenvalue weighted by Crippen LogP contribution is 2.32. The molecule has 1 unspecified atom stereocenters. The van der Waals surface area contributed by atoms with E-state index in [-0.39, 0.29) is 0 Å². The standard InChI is InChI=1S/C15H27N3O2S/c1-11(2)14-13(9-16-5-7-19-4)21-15(17-14)18-6-8-20-10-12(18)3/h11-12,16H,5-10H2,1-4H3. The molecule has 0 aromatic carbocycles. The highest BCUT2D eigenvalue weighted by Gasteiger charge is 2.24. The first kappa shape index (κ1) is 16.7. The molecule has 1 aliphatic rings. The zero-order valence-electron chi connectivity index (χ0n) is 13.5. The van der Waals surface area contributed by atoms with E-state index in [4.69, 9.17) is 14.5 Å². The van der Waals surface area contributed by atoms with Crippen LogP contribution >= 0.6 is 11.3 Å². The molecule has 0 bridgehead atoms. The summed E-state index contributed by atoms with van der Waals surface area (Å²) in [7, 11) is 1.73. The van der Waals surface area contributed by atoms with E-state index in [1.165, 1.54) is 10.6 Å². The maximum Gasteiger partial charge on any atom is 0.186 e. The van der Waals surface area contributed by atoms with Crippen LogP contribution in [0.15, 0.2) is 0 Å². The van der Waals surface area contributed by atoms with Crippen molar-refractivity contribution in [1.82, 2.24) is 10.3 Å². The van der Waals surface area contributed by atoms with E-state index in [1.54, 1.807) is 7.11 Å². The largest absolute Gasteiger partial charge is 0.383 e. The van der Waals surface area contributed by atoms with Gasteiger partial charge in [-0.25, -0.2) is 4.98 Å². The Hall–Kier alpha value is -0.690. The molecule has 21 heavy (non-hydrogen) atoms. The highest BCUT2D eigenvalue weighted by molar-refractivity contribution is 7.15. The first-order valence-electron chi connectivity index (χ1n) is 7.67. The van der Waals surface area contributed by atoms with Gasteiger partial charge in [0, 0.05) is 31.6 Å². The third-order valence-electron chi connectivity index (χ3n) is 3.65. The highest BCUT2D eigenvalue weighted by atomic mass is 32.1. The lowest BCUT2D eigenvalue weighted by Crippen LogP contribution is -2.43. The number of rotatable bonds is 7. The number of nitrogens with one attached hydrogen (secondary N) is 1. The Bertz CT molecular complexity index is 437. The van der Waals surface area contributed by atoms with Gasteiger partial charge in [0.15, 0.2) is 5.13 Å². The average molecular weight is 313 g/mol. The van der Waals surface area contributed by atoms with Crippen molar-refractivity contribution in [3.8, 4) is 0 Å². The lowest BCUT2D eigenvalue weighted by Gasteiger charge is -2.32. The molecule has 1 N–H and O–H groups in total. The maximum absolute atomic E-state index is 5.52. The SMILES string of the molecule is COCCNCc1sc(N2CCOCC2C)nc1C(C)C. The van der Waals surface area contributed by atoms with E-state index in [2.05, 4.69) is 31.0 Å². The minimum Gasteiger partial charge on any atom is -0.383 e. The number of hydrogen-bond donors (Lipinski definition) is 1. The number of nitrogens with zero attached hydrogens (tertiary/aromatic N) is 2. The molecule has 1 saturated heterocycles. The topological polar surface area (TPSA) is 46.6 Å². The summed E-state index contributed by atoms with van der Waals surface area (Å²) in [5, 5.41) is 4.56. The third-order valence-corrected chi connectivity index (χ3v) is 4.75. The fourth-order valence-electron chi connectivity index (χ4n) is 2.44. The van der Waals surface area contributed by atoms with Crippen LogP contribution in [-0.4, -0.2) is 51.0 Å². The molecular formula is C15H27N3O2S. The van der Waals surface area contributed by atoms with Crippen LogP contribution in [0.3, 0.4) is 0 Å². The molecule has 0 amide bonds. The molecule has 0 saturated carbocycles. The van der Waals surface area contributed by atoms with E-state index < -0.39 is 0 Å². The monoisotopic (exact) mass is 313 g/mol. The third kappa shape index (κ3) is 4.39. The second-order valence-corrected chi connectivity index (χ2v) is 6.81. The van der Waals surface area contributed by atoms with Crippen molar-refractivity contribution in [3.05, 3.63) is 10.6 Å². The lowest BCUT2D eigenvalue weighted by molar-refractivity contribution is 0.0989. The van der Waals surface area contributed by atoms with Gasteiger partial charge in [-0.1, -0.05) is 13.8 Å². The van der Waals surface area contributed by atoms with Crippen LogP contribution in [0.2, 0.25) is 0 Å². The zero-order chi connectivity index (χ0) is 15.2. The summed E-state index contributed by atoms with van der Waals surface area (Å²) < 4.78 is 10.6. The predicted molar refractivity (Wildman–Crippen MR) is 87.4 cm³/mol. The molecule has 5 nitrogen and oxygen atoms in total. The summed E-state index contributed by atoms with van der Waals surface area (Å²) in [6.07, 6.45) is 0. The van der Waals surface area contributed by atoms with E-state index >= 15 is 0 Å². The maximum atomic E-state index is 5.52. The van der Waals surface area contributed by atoms with Crippen LogP contribution < -0.4 is 10.2 Å². The molecule has 1 aromatic rings. The Kier molecular flexibility index (Phi) is 6.41. The molecule has 1 aromatic heterocycles. The zero-order valence-corrected chi connectivity index (χ0v) is 14.3. The summed E-state index contributed by atoms with van der Waals surface area (Å²) in [4.78, 5) is 8.62. The summed E-state index contributed by atoms with van der Waals surface area (Å²) >= 11 is 1.81. The van der Waals surface area contributed by atoms with Crippen molar-refractivity contribution in [2.24, 2.45) is 0 Å². The Morgan fingerprint density at radius 3 is 3.00 bits per heavy atom. The number of anilines is 1. The second-order valence-electron chi connectivity index (χ2n) is 5.75. The van der Waals surface area contributed by atoms with Gasteiger partial charge in [-0.3, -0.25) is 0 Å². The number of methoxy groups -OCH3 is 1. The van der Waals surface area contributed by atoms with Crippen molar-refractivity contribution >= 4 is 16.5 Å². The molecule has 0 radical (unpaired) electrons. The smallest absolute Gasteiger partial charge is 0.186 e. The van der Waals surface area contributed by atoms with Crippen LogP contribution in [0.25, 0.3) is 0 Å². The molecule has 1 aliphatic heterocycles. The number of hydrogen-bond acceptors (Lipinski definition) is 6. The number of aromatic nitrogens is 1. The van der Waals surface area contributed by atoms with E-state index in [9.17, 15) is 0 Å². The first-order valence-corrected chi connectivity index (χ1v) is 8.48. The molecule has 6 heteroatoms. The molecule has 0 aliphatic carbocycles. The number of ether oxygens (including phenoxy) is 2. The Labute approximate surface area is 131 Å². The molecule has 0 spiro atoms. The lowest BCUT2D eigenvalue weighted by atomic mass is 10.1.